The Hall–Kier alpha value is -1.32. The zero-order valence-corrected chi connectivity index (χ0v) is 7.73. The van der Waals surface area contributed by atoms with Gasteiger partial charge in [0.25, 0.3) is 0 Å². The van der Waals surface area contributed by atoms with E-state index in [4.69, 9.17) is 4.74 Å². The lowest BCUT2D eigenvalue weighted by Crippen LogP contribution is -2.19. The molecule has 1 fully saturated rings. The van der Waals surface area contributed by atoms with Gasteiger partial charge in [0.2, 0.25) is 5.88 Å². The van der Waals surface area contributed by atoms with Gasteiger partial charge in [-0.3, -0.25) is 0 Å². The molecule has 1 aromatic rings. The number of hydrogen-bond donors (Lipinski definition) is 0. The lowest BCUT2D eigenvalue weighted by Gasteiger charge is -2.14. The van der Waals surface area contributed by atoms with E-state index in [-0.39, 0.29) is 0 Å². The van der Waals surface area contributed by atoms with Gasteiger partial charge in [-0.15, -0.1) is 10.2 Å². The van der Waals surface area contributed by atoms with E-state index in [2.05, 4.69) is 15.1 Å². The van der Waals surface area contributed by atoms with Gasteiger partial charge < -0.3 is 9.64 Å². The minimum absolute atomic E-state index is 0.572. The molecule has 0 spiro atoms. The van der Waals surface area contributed by atoms with Gasteiger partial charge in [-0.05, 0) is 18.9 Å². The van der Waals surface area contributed by atoms with Crippen molar-refractivity contribution in [1.82, 2.24) is 10.2 Å². The molecule has 1 aliphatic heterocycles. The third-order valence-electron chi connectivity index (χ3n) is 2.27. The minimum atomic E-state index is 0.572. The van der Waals surface area contributed by atoms with Gasteiger partial charge >= 0.3 is 0 Å². The Morgan fingerprint density at radius 3 is 2.54 bits per heavy atom. The molecule has 0 aromatic carbocycles. The molecule has 1 aliphatic rings. The predicted octanol–water partition coefficient (Wildman–Crippen LogP) is 1.09. The van der Waals surface area contributed by atoms with Gasteiger partial charge in [0.1, 0.15) is 0 Å². The van der Waals surface area contributed by atoms with Gasteiger partial charge in [-0.1, -0.05) is 0 Å². The van der Waals surface area contributed by atoms with E-state index < -0.39 is 0 Å². The lowest BCUT2D eigenvalue weighted by molar-refractivity contribution is 0.392. The topological polar surface area (TPSA) is 38.2 Å². The highest BCUT2D eigenvalue weighted by Crippen LogP contribution is 2.17. The molecule has 4 nitrogen and oxygen atoms in total. The van der Waals surface area contributed by atoms with Crippen LogP contribution in [0, 0.1) is 0 Å². The van der Waals surface area contributed by atoms with Crippen molar-refractivity contribution in [3.63, 3.8) is 0 Å². The molecule has 0 amide bonds. The summed E-state index contributed by atoms with van der Waals surface area (Å²) in [6.07, 6.45) is 2.52. The maximum Gasteiger partial charge on any atom is 0.233 e. The molecule has 0 aliphatic carbocycles. The molecule has 0 radical (unpaired) electrons. The molecule has 0 N–H and O–H groups in total. The van der Waals surface area contributed by atoms with Crippen LogP contribution in [0.25, 0.3) is 0 Å². The lowest BCUT2D eigenvalue weighted by atomic mass is 10.4. The second-order valence-electron chi connectivity index (χ2n) is 3.13. The summed E-state index contributed by atoms with van der Waals surface area (Å²) in [5.41, 5.74) is 0. The molecule has 4 heteroatoms. The molecule has 70 valence electrons. The van der Waals surface area contributed by atoms with Crippen LogP contribution >= 0.6 is 0 Å². The first-order chi connectivity index (χ1) is 6.40. The summed E-state index contributed by atoms with van der Waals surface area (Å²) >= 11 is 0. The Morgan fingerprint density at radius 2 is 2.00 bits per heavy atom. The summed E-state index contributed by atoms with van der Waals surface area (Å²) in [6.45, 7) is 2.20. The Bertz CT molecular complexity index is 267. The van der Waals surface area contributed by atoms with Crippen LogP contribution in [0.3, 0.4) is 0 Å². The summed E-state index contributed by atoms with van der Waals surface area (Å²) in [5.74, 6) is 1.53. The number of nitrogens with zero attached hydrogens (tertiary/aromatic N) is 3. The van der Waals surface area contributed by atoms with Crippen molar-refractivity contribution >= 4 is 5.82 Å². The number of hydrogen-bond acceptors (Lipinski definition) is 4. The van der Waals surface area contributed by atoms with Crippen molar-refractivity contribution in [3.05, 3.63) is 12.1 Å². The van der Waals surface area contributed by atoms with Crippen LogP contribution in [0.5, 0.6) is 5.88 Å². The monoisotopic (exact) mass is 179 g/mol. The summed E-state index contributed by atoms with van der Waals surface area (Å²) < 4.78 is 4.94. The second kappa shape index (κ2) is 3.60. The molecular weight excluding hydrogens is 166 g/mol. The maximum atomic E-state index is 4.94. The second-order valence-corrected chi connectivity index (χ2v) is 3.13. The first kappa shape index (κ1) is 8.29. The van der Waals surface area contributed by atoms with E-state index >= 15 is 0 Å². The molecule has 1 saturated heterocycles. The SMILES string of the molecule is COc1ccc(N2CCCC2)nn1. The number of methoxy groups -OCH3 is 1. The van der Waals surface area contributed by atoms with Crippen molar-refractivity contribution < 1.29 is 4.74 Å². The number of aromatic nitrogens is 2. The van der Waals surface area contributed by atoms with Crippen molar-refractivity contribution in [2.24, 2.45) is 0 Å². The molecule has 0 unspecified atom stereocenters. The summed E-state index contributed by atoms with van der Waals surface area (Å²) in [6, 6.07) is 3.80. The van der Waals surface area contributed by atoms with Gasteiger partial charge in [0.15, 0.2) is 5.82 Å². The fraction of sp³-hybridized carbons (Fsp3) is 0.556. The Morgan fingerprint density at radius 1 is 1.23 bits per heavy atom. The number of anilines is 1. The summed E-state index contributed by atoms with van der Waals surface area (Å²) in [7, 11) is 1.60. The average Bonchev–Trinajstić information content (AvgIpc) is 2.71. The van der Waals surface area contributed by atoms with Crippen LogP contribution in [-0.2, 0) is 0 Å². The third-order valence-corrected chi connectivity index (χ3v) is 2.27. The van der Waals surface area contributed by atoms with Gasteiger partial charge in [-0.2, -0.15) is 0 Å². The fourth-order valence-electron chi connectivity index (χ4n) is 1.54. The van der Waals surface area contributed by atoms with Crippen molar-refractivity contribution in [3.8, 4) is 5.88 Å². The van der Waals surface area contributed by atoms with Gasteiger partial charge in [-0.25, -0.2) is 0 Å². The van der Waals surface area contributed by atoms with Gasteiger partial charge in [0.05, 0.1) is 7.11 Å². The Labute approximate surface area is 77.5 Å². The van der Waals surface area contributed by atoms with E-state index in [1.54, 1.807) is 7.11 Å². The van der Waals surface area contributed by atoms with Crippen LogP contribution in [0.2, 0.25) is 0 Å². The zero-order chi connectivity index (χ0) is 9.10. The van der Waals surface area contributed by atoms with E-state index in [0.717, 1.165) is 18.9 Å². The number of rotatable bonds is 2. The molecule has 0 bridgehead atoms. The van der Waals surface area contributed by atoms with E-state index in [1.165, 1.54) is 12.8 Å². The molecule has 0 atom stereocenters. The van der Waals surface area contributed by atoms with Crippen molar-refractivity contribution in [1.29, 1.82) is 0 Å². The standard InChI is InChI=1S/C9H13N3O/c1-13-9-5-4-8(10-11-9)12-6-2-3-7-12/h4-5H,2-3,6-7H2,1H3. The largest absolute Gasteiger partial charge is 0.480 e. The molecule has 2 rings (SSSR count). The zero-order valence-electron chi connectivity index (χ0n) is 7.73. The van der Waals surface area contributed by atoms with Crippen LogP contribution in [0.1, 0.15) is 12.8 Å². The van der Waals surface area contributed by atoms with E-state index in [9.17, 15) is 0 Å². The Balaban J connectivity index is 2.12. The Kier molecular flexibility index (Phi) is 2.29. The third kappa shape index (κ3) is 1.71. The summed E-state index contributed by atoms with van der Waals surface area (Å²) in [5, 5.41) is 8.01. The van der Waals surface area contributed by atoms with Crippen LogP contribution in [0.15, 0.2) is 12.1 Å². The average molecular weight is 179 g/mol. The maximum absolute atomic E-state index is 4.94. The summed E-state index contributed by atoms with van der Waals surface area (Å²) in [4.78, 5) is 2.24. The van der Waals surface area contributed by atoms with E-state index in [0.29, 0.717) is 5.88 Å². The highest BCUT2D eigenvalue weighted by atomic mass is 16.5. The van der Waals surface area contributed by atoms with Crippen LogP contribution in [-0.4, -0.2) is 30.4 Å². The first-order valence-corrected chi connectivity index (χ1v) is 4.53. The minimum Gasteiger partial charge on any atom is -0.480 e. The fourth-order valence-corrected chi connectivity index (χ4v) is 1.54. The molecule has 13 heavy (non-hydrogen) atoms. The highest BCUT2D eigenvalue weighted by Gasteiger charge is 2.13. The molecular formula is C9H13N3O. The molecule has 1 aromatic heterocycles. The van der Waals surface area contributed by atoms with Crippen LogP contribution < -0.4 is 9.64 Å². The van der Waals surface area contributed by atoms with Crippen molar-refractivity contribution in [2.75, 3.05) is 25.1 Å². The normalized spacial score (nSPS) is 16.2. The molecule has 0 saturated carbocycles. The highest BCUT2D eigenvalue weighted by molar-refractivity contribution is 5.38. The van der Waals surface area contributed by atoms with Crippen molar-refractivity contribution in [2.45, 2.75) is 12.8 Å². The van der Waals surface area contributed by atoms with Gasteiger partial charge in [0, 0.05) is 19.2 Å². The predicted molar refractivity (Wildman–Crippen MR) is 50.0 cm³/mol. The van der Waals surface area contributed by atoms with Crippen LogP contribution in [0.4, 0.5) is 5.82 Å². The smallest absolute Gasteiger partial charge is 0.233 e. The van der Waals surface area contributed by atoms with E-state index in [1.807, 2.05) is 12.1 Å². The first-order valence-electron chi connectivity index (χ1n) is 4.53. The molecule has 2 heterocycles. The quantitative estimate of drug-likeness (QED) is 0.681. The number of ether oxygens (including phenoxy) is 1.